The van der Waals surface area contributed by atoms with Gasteiger partial charge in [-0.05, 0) is 75.3 Å². The molecule has 11 heteroatoms. The molecule has 11 nitrogen and oxygen atoms in total. The van der Waals surface area contributed by atoms with Gasteiger partial charge in [-0.15, -0.1) is 0 Å². The van der Waals surface area contributed by atoms with Gasteiger partial charge in [0.05, 0.1) is 0 Å². The number of hydrogen-bond donors (Lipinski definition) is 1. The average Bonchev–Trinajstić information content (AvgIpc) is 3.05. The highest BCUT2D eigenvalue weighted by Crippen LogP contribution is 2.50. The van der Waals surface area contributed by atoms with Crippen LogP contribution in [0.5, 0.6) is 11.5 Å². The Morgan fingerprint density at radius 1 is 0.755 bits per heavy atom. The number of rotatable bonds is 18. The van der Waals surface area contributed by atoms with Crippen molar-refractivity contribution in [1.29, 1.82) is 0 Å². The Balaban J connectivity index is 1.87. The van der Waals surface area contributed by atoms with E-state index < -0.39 is 60.0 Å². The van der Waals surface area contributed by atoms with Crippen molar-refractivity contribution < 1.29 is 52.7 Å². The standard InChI is InChI=1S/C42H66O11/c1-24(2)15-12-16-25(3)17-13-18-26(4)19-14-21-42(11)22-20-33-35(36(47)27(5)28(6)37(33)53-42)39-41(51-32(10)46)40(50-31(9)45)38(49-30(8)44)34(52-39)23-48-29(7)43/h24-26,34,38-41,47H,12-23H2,1-11H3/t25?,26?,34-,38-,39+,40+,41+,42?/m1/s1. The number of esters is 4. The maximum absolute atomic E-state index is 12.5. The minimum Gasteiger partial charge on any atom is -0.507 e. The summed E-state index contributed by atoms with van der Waals surface area (Å²) in [4.78, 5) is 49.1. The van der Waals surface area contributed by atoms with Crippen molar-refractivity contribution in [3.8, 4) is 11.5 Å². The van der Waals surface area contributed by atoms with Crippen LogP contribution >= 0.6 is 0 Å². The number of carbonyl (C=O) groups is 4. The predicted octanol–water partition coefficient (Wildman–Crippen LogP) is 8.33. The quantitative estimate of drug-likeness (QED) is 0.114. The summed E-state index contributed by atoms with van der Waals surface area (Å²) >= 11 is 0. The highest BCUT2D eigenvalue weighted by atomic mass is 16.7. The van der Waals surface area contributed by atoms with Crippen LogP contribution < -0.4 is 4.74 Å². The maximum Gasteiger partial charge on any atom is 0.303 e. The lowest BCUT2D eigenvalue weighted by molar-refractivity contribution is -0.254. The summed E-state index contributed by atoms with van der Waals surface area (Å²) in [5.74, 6) is 0.0109. The van der Waals surface area contributed by atoms with Gasteiger partial charge in [-0.2, -0.15) is 0 Å². The minimum absolute atomic E-state index is 0.0718. The zero-order valence-electron chi connectivity index (χ0n) is 34.1. The highest BCUT2D eigenvalue weighted by Gasteiger charge is 2.54. The van der Waals surface area contributed by atoms with Crippen LogP contribution in [-0.2, 0) is 49.3 Å². The molecule has 0 aromatic heterocycles. The number of benzene rings is 1. The molecule has 0 saturated carbocycles. The van der Waals surface area contributed by atoms with Crippen LogP contribution in [0, 0.1) is 31.6 Å². The number of fused-ring (bicyclic) bond motifs is 1. The summed E-state index contributed by atoms with van der Waals surface area (Å²) in [5.41, 5.74) is 1.93. The molecule has 1 aromatic rings. The third-order valence-corrected chi connectivity index (χ3v) is 10.9. The molecule has 1 aromatic carbocycles. The van der Waals surface area contributed by atoms with Crippen LogP contribution in [-0.4, -0.2) is 65.6 Å². The number of phenols is 1. The van der Waals surface area contributed by atoms with Crippen LogP contribution in [0.4, 0.5) is 0 Å². The van der Waals surface area contributed by atoms with E-state index in [0.29, 0.717) is 41.2 Å². The van der Waals surface area contributed by atoms with Crippen molar-refractivity contribution in [3.63, 3.8) is 0 Å². The maximum atomic E-state index is 12.5. The fourth-order valence-corrected chi connectivity index (χ4v) is 7.86. The fourth-order valence-electron chi connectivity index (χ4n) is 7.86. The van der Waals surface area contributed by atoms with Gasteiger partial charge in [0.25, 0.3) is 0 Å². The number of carbonyl (C=O) groups excluding carboxylic acids is 4. The molecular formula is C42H66O11. The van der Waals surface area contributed by atoms with Crippen LogP contribution in [0.2, 0.25) is 0 Å². The lowest BCUT2D eigenvalue weighted by Crippen LogP contribution is -2.59. The van der Waals surface area contributed by atoms with Crippen molar-refractivity contribution in [2.75, 3.05) is 6.61 Å². The lowest BCUT2D eigenvalue weighted by Gasteiger charge is -2.46. The SMILES string of the molecule is CC(=O)OC[C@H]1O[C@@H](c2c(O)c(C)c(C)c3c2CCC(C)(CCCC(C)CCCC(C)CCCC(C)C)O3)[C@H](OC(C)=O)[C@@H](OC(C)=O)[C@@H]1OC(C)=O. The molecule has 0 bridgehead atoms. The zero-order chi connectivity index (χ0) is 39.6. The predicted molar refractivity (Wildman–Crippen MR) is 201 cm³/mol. The first-order chi connectivity index (χ1) is 24.8. The molecule has 3 rings (SSSR count). The Hall–Kier alpha value is -3.34. The van der Waals surface area contributed by atoms with E-state index in [1.165, 1.54) is 66.2 Å². The molecule has 8 atom stereocenters. The van der Waals surface area contributed by atoms with E-state index >= 15 is 0 Å². The first kappa shape index (κ1) is 44.1. The monoisotopic (exact) mass is 746 g/mol. The molecular weight excluding hydrogens is 680 g/mol. The van der Waals surface area contributed by atoms with Crippen LogP contribution in [0.1, 0.15) is 155 Å². The second kappa shape index (κ2) is 19.8. The van der Waals surface area contributed by atoms with E-state index in [9.17, 15) is 24.3 Å². The Morgan fingerprint density at radius 2 is 1.28 bits per heavy atom. The first-order valence-electron chi connectivity index (χ1n) is 19.7. The number of phenolic OH excluding ortho intramolecular Hbond substituents is 1. The molecule has 300 valence electrons. The van der Waals surface area contributed by atoms with Gasteiger partial charge in [0.1, 0.15) is 35.9 Å². The summed E-state index contributed by atoms with van der Waals surface area (Å²) in [6.07, 6.45) is 5.64. The van der Waals surface area contributed by atoms with Crippen molar-refractivity contribution in [1.82, 2.24) is 0 Å². The summed E-state index contributed by atoms with van der Waals surface area (Å²) in [6.45, 7) is 19.6. The van der Waals surface area contributed by atoms with Gasteiger partial charge in [-0.25, -0.2) is 0 Å². The van der Waals surface area contributed by atoms with Crippen LogP contribution in [0.15, 0.2) is 0 Å². The van der Waals surface area contributed by atoms with E-state index in [2.05, 4.69) is 34.6 Å². The van der Waals surface area contributed by atoms with E-state index in [0.717, 1.165) is 36.7 Å². The topological polar surface area (TPSA) is 144 Å². The van der Waals surface area contributed by atoms with E-state index in [4.69, 9.17) is 28.4 Å². The Morgan fingerprint density at radius 3 is 1.83 bits per heavy atom. The number of hydrogen-bond acceptors (Lipinski definition) is 11. The van der Waals surface area contributed by atoms with Gasteiger partial charge in [-0.1, -0.05) is 72.6 Å². The van der Waals surface area contributed by atoms with E-state index in [1.807, 2.05) is 6.92 Å². The van der Waals surface area contributed by atoms with Crippen molar-refractivity contribution in [2.24, 2.45) is 17.8 Å². The zero-order valence-corrected chi connectivity index (χ0v) is 34.1. The molecule has 2 aliphatic rings. The van der Waals surface area contributed by atoms with E-state index in [-0.39, 0.29) is 12.4 Å². The average molecular weight is 747 g/mol. The summed E-state index contributed by atoms with van der Waals surface area (Å²) < 4.78 is 35.6. The van der Waals surface area contributed by atoms with Crippen molar-refractivity contribution in [2.45, 2.75) is 183 Å². The van der Waals surface area contributed by atoms with Gasteiger partial charge in [0, 0.05) is 38.8 Å². The second-order valence-corrected chi connectivity index (χ2v) is 16.4. The first-order valence-corrected chi connectivity index (χ1v) is 19.7. The molecule has 53 heavy (non-hydrogen) atoms. The van der Waals surface area contributed by atoms with Crippen molar-refractivity contribution in [3.05, 3.63) is 22.3 Å². The molecule has 1 fully saturated rings. The third kappa shape index (κ3) is 12.6. The normalized spacial score (nSPS) is 25.1. The Labute approximate surface area is 317 Å². The fraction of sp³-hybridized carbons (Fsp3) is 0.762. The number of aromatic hydroxyl groups is 1. The molecule has 2 heterocycles. The largest absolute Gasteiger partial charge is 0.507 e. The number of ether oxygens (including phenoxy) is 6. The molecule has 0 spiro atoms. The van der Waals surface area contributed by atoms with Crippen LogP contribution in [0.25, 0.3) is 0 Å². The van der Waals surface area contributed by atoms with E-state index in [1.54, 1.807) is 6.92 Å². The summed E-state index contributed by atoms with van der Waals surface area (Å²) in [5, 5.41) is 11.8. The third-order valence-electron chi connectivity index (χ3n) is 10.9. The lowest BCUT2D eigenvalue weighted by atomic mass is 9.80. The molecule has 0 amide bonds. The van der Waals surface area contributed by atoms with Crippen molar-refractivity contribution >= 4 is 23.9 Å². The minimum atomic E-state index is -1.35. The molecule has 1 N–H and O–H groups in total. The highest BCUT2D eigenvalue weighted by molar-refractivity contribution is 5.69. The Bertz CT molecular complexity index is 1420. The van der Waals surface area contributed by atoms with Crippen LogP contribution in [0.3, 0.4) is 0 Å². The molecule has 3 unspecified atom stereocenters. The van der Waals surface area contributed by atoms with Gasteiger partial charge in [0.15, 0.2) is 18.3 Å². The van der Waals surface area contributed by atoms with Gasteiger partial charge in [0.2, 0.25) is 0 Å². The smallest absolute Gasteiger partial charge is 0.303 e. The summed E-state index contributed by atoms with van der Waals surface area (Å²) in [7, 11) is 0. The Kier molecular flexibility index (Phi) is 16.5. The van der Waals surface area contributed by atoms with Gasteiger partial charge >= 0.3 is 23.9 Å². The molecule has 0 radical (unpaired) electrons. The molecule has 0 aliphatic carbocycles. The molecule has 1 saturated heterocycles. The molecule has 2 aliphatic heterocycles. The van der Waals surface area contributed by atoms with Gasteiger partial charge in [-0.3, -0.25) is 19.2 Å². The summed E-state index contributed by atoms with van der Waals surface area (Å²) in [6, 6.07) is 0. The second-order valence-electron chi connectivity index (χ2n) is 16.4. The van der Waals surface area contributed by atoms with Gasteiger partial charge < -0.3 is 33.5 Å².